The SMILES string of the molecule is CCCCCCCC/C=C/CCCCCCCCCCCCCCCC(=O)NC(COP(=O)([O-])OCC[N+](C)(C)C)C(/C=C\CCCCCCCCCCCCC)OC(=O)CCCCCCCCCCCCCCCC. The third-order valence-electron chi connectivity index (χ3n) is 15.1. The van der Waals surface area contributed by atoms with E-state index in [9.17, 15) is 19.0 Å². The molecule has 9 nitrogen and oxygen atoms in total. The van der Waals surface area contributed by atoms with E-state index in [2.05, 4.69) is 38.2 Å². The van der Waals surface area contributed by atoms with Gasteiger partial charge in [-0.1, -0.05) is 289 Å². The predicted molar refractivity (Wildman–Crippen MR) is 326 cm³/mol. The van der Waals surface area contributed by atoms with Crippen LogP contribution in [0.15, 0.2) is 24.3 Å². The lowest BCUT2D eigenvalue weighted by molar-refractivity contribution is -0.870. The Morgan fingerprint density at radius 1 is 0.447 bits per heavy atom. The molecule has 0 rings (SSSR count). The molecular weight excluding hydrogens is 964 g/mol. The van der Waals surface area contributed by atoms with Crippen molar-refractivity contribution in [3.8, 4) is 0 Å². The van der Waals surface area contributed by atoms with Gasteiger partial charge in [0.1, 0.15) is 19.3 Å². The number of unbranched alkanes of at least 4 members (excludes halogenated alkanes) is 43. The Kier molecular flexibility index (Phi) is 55.6. The van der Waals surface area contributed by atoms with Crippen molar-refractivity contribution in [2.75, 3.05) is 40.9 Å². The van der Waals surface area contributed by atoms with Crippen LogP contribution < -0.4 is 10.2 Å². The number of phosphoric acid groups is 1. The van der Waals surface area contributed by atoms with Crippen LogP contribution in [-0.4, -0.2) is 69.4 Å². The van der Waals surface area contributed by atoms with Gasteiger partial charge >= 0.3 is 5.97 Å². The van der Waals surface area contributed by atoms with Crippen LogP contribution in [0, 0.1) is 0 Å². The molecule has 0 aromatic rings. The van der Waals surface area contributed by atoms with Gasteiger partial charge in [-0.3, -0.25) is 14.2 Å². The molecule has 0 bridgehead atoms. The number of hydrogen-bond donors (Lipinski definition) is 1. The van der Waals surface area contributed by atoms with Crippen molar-refractivity contribution in [2.45, 2.75) is 348 Å². The van der Waals surface area contributed by atoms with Crippen molar-refractivity contribution in [3.05, 3.63) is 24.3 Å². The first kappa shape index (κ1) is 74.5. The molecule has 450 valence electrons. The summed E-state index contributed by atoms with van der Waals surface area (Å²) >= 11 is 0. The molecule has 3 unspecified atom stereocenters. The van der Waals surface area contributed by atoms with E-state index in [1.807, 2.05) is 33.3 Å². The molecule has 0 aliphatic heterocycles. The number of quaternary nitrogens is 1. The van der Waals surface area contributed by atoms with E-state index in [-0.39, 0.29) is 31.5 Å². The average molecular weight is 1090 g/mol. The van der Waals surface area contributed by atoms with Crippen molar-refractivity contribution >= 4 is 19.7 Å². The van der Waals surface area contributed by atoms with Crippen LogP contribution in [0.4, 0.5) is 0 Å². The van der Waals surface area contributed by atoms with Crippen molar-refractivity contribution in [3.63, 3.8) is 0 Å². The number of allylic oxidation sites excluding steroid dienone is 3. The van der Waals surface area contributed by atoms with Gasteiger partial charge in [-0.2, -0.15) is 0 Å². The van der Waals surface area contributed by atoms with Gasteiger partial charge in [-0.15, -0.1) is 0 Å². The summed E-state index contributed by atoms with van der Waals surface area (Å²) in [7, 11) is 1.20. The summed E-state index contributed by atoms with van der Waals surface area (Å²) in [5.41, 5.74) is 0. The number of nitrogens with zero attached hydrogens (tertiary/aromatic N) is 1. The molecular formula is C66H129N2O7P. The second kappa shape index (κ2) is 56.8. The first-order valence-electron chi connectivity index (χ1n) is 33.1. The quantitative estimate of drug-likeness (QED) is 0.0212. The number of rotatable bonds is 61. The number of carbonyl (C=O) groups is 2. The lowest BCUT2D eigenvalue weighted by atomic mass is 10.0. The number of amides is 1. The molecule has 1 N–H and O–H groups in total. The monoisotopic (exact) mass is 1090 g/mol. The molecule has 0 saturated heterocycles. The van der Waals surface area contributed by atoms with E-state index in [4.69, 9.17) is 13.8 Å². The van der Waals surface area contributed by atoms with Crippen LogP contribution in [0.2, 0.25) is 0 Å². The molecule has 3 atom stereocenters. The Hall–Kier alpha value is -1.51. The first-order valence-corrected chi connectivity index (χ1v) is 34.6. The molecule has 1 amide bonds. The lowest BCUT2D eigenvalue weighted by Crippen LogP contribution is -2.47. The van der Waals surface area contributed by atoms with Gasteiger partial charge in [-0.05, 0) is 57.4 Å². The molecule has 0 aromatic heterocycles. The number of carbonyl (C=O) groups excluding carboxylic acids is 2. The Morgan fingerprint density at radius 3 is 1.12 bits per heavy atom. The maximum Gasteiger partial charge on any atom is 0.306 e. The van der Waals surface area contributed by atoms with Crippen LogP contribution >= 0.6 is 7.82 Å². The zero-order valence-electron chi connectivity index (χ0n) is 51.5. The van der Waals surface area contributed by atoms with Gasteiger partial charge in [-0.25, -0.2) is 0 Å². The summed E-state index contributed by atoms with van der Waals surface area (Å²) in [6.45, 7) is 6.89. The maximum absolute atomic E-state index is 13.6. The molecule has 0 aromatic carbocycles. The topological polar surface area (TPSA) is 114 Å². The Labute approximate surface area is 473 Å². The molecule has 0 spiro atoms. The van der Waals surface area contributed by atoms with Crippen LogP contribution in [0.5, 0.6) is 0 Å². The highest BCUT2D eigenvalue weighted by Crippen LogP contribution is 2.38. The van der Waals surface area contributed by atoms with Gasteiger partial charge in [0.15, 0.2) is 0 Å². The summed E-state index contributed by atoms with van der Waals surface area (Å²) < 4.78 is 30.4. The largest absolute Gasteiger partial charge is 0.756 e. The van der Waals surface area contributed by atoms with E-state index in [0.717, 1.165) is 57.8 Å². The van der Waals surface area contributed by atoms with Crippen LogP contribution in [-0.2, 0) is 27.9 Å². The van der Waals surface area contributed by atoms with Gasteiger partial charge < -0.3 is 28.5 Å². The molecule has 0 aliphatic carbocycles. The molecule has 0 fully saturated rings. The Bertz CT molecular complexity index is 1350. The zero-order chi connectivity index (χ0) is 55.7. The number of phosphoric ester groups is 1. The van der Waals surface area contributed by atoms with E-state index in [0.29, 0.717) is 17.4 Å². The molecule has 0 radical (unpaired) electrons. The van der Waals surface area contributed by atoms with Crippen LogP contribution in [0.3, 0.4) is 0 Å². The minimum absolute atomic E-state index is 0.0182. The van der Waals surface area contributed by atoms with Crippen molar-refractivity contribution in [2.24, 2.45) is 0 Å². The third-order valence-corrected chi connectivity index (χ3v) is 16.1. The number of esters is 1. The maximum atomic E-state index is 13.6. The highest BCUT2D eigenvalue weighted by Gasteiger charge is 2.27. The van der Waals surface area contributed by atoms with Gasteiger partial charge in [0.25, 0.3) is 7.82 Å². The molecule has 0 saturated carbocycles. The lowest BCUT2D eigenvalue weighted by Gasteiger charge is -2.30. The minimum Gasteiger partial charge on any atom is -0.756 e. The fourth-order valence-electron chi connectivity index (χ4n) is 9.99. The first-order chi connectivity index (χ1) is 36.9. The minimum atomic E-state index is -4.69. The van der Waals surface area contributed by atoms with E-state index >= 15 is 0 Å². The molecule has 0 heterocycles. The normalized spacial score (nSPS) is 13.7. The average Bonchev–Trinajstić information content (AvgIpc) is 3.38. The second-order valence-electron chi connectivity index (χ2n) is 24.0. The zero-order valence-corrected chi connectivity index (χ0v) is 52.4. The summed E-state index contributed by atoms with van der Waals surface area (Å²) in [6.07, 6.45) is 67.2. The van der Waals surface area contributed by atoms with Gasteiger partial charge in [0.05, 0.1) is 33.8 Å². The van der Waals surface area contributed by atoms with Gasteiger partial charge in [0.2, 0.25) is 5.91 Å². The van der Waals surface area contributed by atoms with Crippen molar-refractivity contribution < 1.29 is 37.3 Å². The fourth-order valence-corrected chi connectivity index (χ4v) is 10.7. The van der Waals surface area contributed by atoms with E-state index in [1.54, 1.807) is 0 Å². The van der Waals surface area contributed by atoms with Crippen LogP contribution in [0.1, 0.15) is 335 Å². The number of ether oxygens (including phenoxy) is 1. The summed E-state index contributed by atoms with van der Waals surface area (Å²) in [5.74, 6) is -0.522. The Balaban J connectivity index is 5.11. The number of hydrogen-bond acceptors (Lipinski definition) is 7. The van der Waals surface area contributed by atoms with Gasteiger partial charge in [0, 0.05) is 12.8 Å². The highest BCUT2D eigenvalue weighted by atomic mass is 31.2. The molecule has 76 heavy (non-hydrogen) atoms. The van der Waals surface area contributed by atoms with Crippen molar-refractivity contribution in [1.29, 1.82) is 0 Å². The number of nitrogens with one attached hydrogen (secondary N) is 1. The third kappa shape index (κ3) is 57.2. The molecule has 10 heteroatoms. The smallest absolute Gasteiger partial charge is 0.306 e. The summed E-state index contributed by atoms with van der Waals surface area (Å²) in [4.78, 5) is 40.0. The fraction of sp³-hybridized carbons (Fsp3) is 0.909. The van der Waals surface area contributed by atoms with E-state index < -0.39 is 20.0 Å². The summed E-state index contributed by atoms with van der Waals surface area (Å²) in [6, 6.07) is -0.882. The van der Waals surface area contributed by atoms with Crippen molar-refractivity contribution in [1.82, 2.24) is 5.32 Å². The number of likely N-dealkylation sites (N-methyl/N-ethyl adjacent to an activating group) is 1. The highest BCUT2D eigenvalue weighted by molar-refractivity contribution is 7.45. The molecule has 0 aliphatic rings. The standard InChI is InChI=1S/C66H129N2O7P/c1-7-10-13-16-19-22-25-28-30-31-32-33-34-35-36-37-38-40-43-46-49-52-55-58-65(69)67-63(62-74-76(71,72)73-61-60-68(4,5)6)64(57-54-51-48-45-42-39-27-24-21-18-15-12-9-3)75-66(70)59-56-53-50-47-44-41-29-26-23-20-17-14-11-8-2/h28,30,54,57,63-64H,7-27,29,31-53,55-56,58-62H2,1-6H3,(H-,67,69,71,72)/b30-28+,57-54-. The van der Waals surface area contributed by atoms with Crippen LogP contribution in [0.25, 0.3) is 0 Å². The summed E-state index contributed by atoms with van der Waals surface area (Å²) in [5, 5.41) is 3.04. The van der Waals surface area contributed by atoms with E-state index in [1.165, 1.54) is 244 Å². The predicted octanol–water partition coefficient (Wildman–Crippen LogP) is 19.9. The Morgan fingerprint density at radius 2 is 0.763 bits per heavy atom. The second-order valence-corrected chi connectivity index (χ2v) is 25.4.